The molecule has 1 saturated heterocycles. The molecule has 2 rings (SSSR count). The minimum Gasteiger partial charge on any atom is -0.497 e. The van der Waals surface area contributed by atoms with Crippen LogP contribution in [-0.4, -0.2) is 47.5 Å². The van der Waals surface area contributed by atoms with E-state index < -0.39 is 12.2 Å². The Bertz CT molecular complexity index is 365. The van der Waals surface area contributed by atoms with Gasteiger partial charge in [-0.25, -0.2) is 0 Å². The molecule has 4 nitrogen and oxygen atoms in total. The standard InChI is InChI=1S/C13H19NO3/c1-8-12(15)13(16)11(14(8)2)9-4-6-10(17-3)7-5-9/h4-8,11-13,15-16H,1-3H3/t8-,11-,12+,13-/m1/s1. The molecule has 0 amide bonds. The molecule has 0 bridgehead atoms. The van der Waals surface area contributed by atoms with E-state index in [0.717, 1.165) is 11.3 Å². The molecule has 0 unspecified atom stereocenters. The number of nitrogens with zero attached hydrogens (tertiary/aromatic N) is 1. The third kappa shape index (κ3) is 2.04. The first-order valence-corrected chi connectivity index (χ1v) is 5.78. The van der Waals surface area contributed by atoms with Crippen LogP contribution in [-0.2, 0) is 0 Å². The summed E-state index contributed by atoms with van der Waals surface area (Å²) < 4.78 is 5.10. The van der Waals surface area contributed by atoms with Crippen molar-refractivity contribution < 1.29 is 14.9 Å². The molecule has 1 fully saturated rings. The molecule has 0 spiro atoms. The number of benzene rings is 1. The minimum atomic E-state index is -0.747. The van der Waals surface area contributed by atoms with Gasteiger partial charge in [-0.15, -0.1) is 0 Å². The molecule has 0 radical (unpaired) electrons. The molecule has 94 valence electrons. The van der Waals surface area contributed by atoms with E-state index in [1.165, 1.54) is 0 Å². The lowest BCUT2D eigenvalue weighted by molar-refractivity contribution is 0.0300. The molecule has 2 N–H and O–H groups in total. The van der Waals surface area contributed by atoms with Crippen LogP contribution in [0.3, 0.4) is 0 Å². The molecule has 0 saturated carbocycles. The van der Waals surface area contributed by atoms with Crippen molar-refractivity contribution in [3.05, 3.63) is 29.8 Å². The Labute approximate surface area is 101 Å². The van der Waals surface area contributed by atoms with E-state index >= 15 is 0 Å². The average Bonchev–Trinajstić information content (AvgIpc) is 2.54. The van der Waals surface area contributed by atoms with Crippen molar-refractivity contribution in [3.8, 4) is 5.75 Å². The highest BCUT2D eigenvalue weighted by Gasteiger charge is 2.43. The van der Waals surface area contributed by atoms with E-state index in [4.69, 9.17) is 4.74 Å². The number of likely N-dealkylation sites (N-methyl/N-ethyl adjacent to an activating group) is 1. The fraction of sp³-hybridized carbons (Fsp3) is 0.538. The molecule has 1 aliphatic heterocycles. The highest BCUT2D eigenvalue weighted by molar-refractivity contribution is 5.31. The van der Waals surface area contributed by atoms with Crippen molar-refractivity contribution in [3.63, 3.8) is 0 Å². The highest BCUT2D eigenvalue weighted by atomic mass is 16.5. The number of hydrogen-bond acceptors (Lipinski definition) is 4. The molecule has 1 aliphatic rings. The first-order chi connectivity index (χ1) is 8.06. The summed E-state index contributed by atoms with van der Waals surface area (Å²) in [6, 6.07) is 7.38. The van der Waals surface area contributed by atoms with Crippen molar-refractivity contribution >= 4 is 0 Å². The van der Waals surface area contributed by atoms with E-state index in [1.54, 1.807) is 7.11 Å². The topological polar surface area (TPSA) is 52.9 Å². The van der Waals surface area contributed by atoms with E-state index in [0.29, 0.717) is 0 Å². The molecule has 4 heteroatoms. The lowest BCUT2D eigenvalue weighted by Gasteiger charge is -2.24. The molecular weight excluding hydrogens is 218 g/mol. The van der Waals surface area contributed by atoms with Gasteiger partial charge in [0.25, 0.3) is 0 Å². The van der Waals surface area contributed by atoms with Gasteiger partial charge in [0.1, 0.15) is 11.9 Å². The van der Waals surface area contributed by atoms with Crippen molar-refractivity contribution in [2.45, 2.75) is 31.2 Å². The predicted molar refractivity (Wildman–Crippen MR) is 65.0 cm³/mol. The van der Waals surface area contributed by atoms with Gasteiger partial charge in [-0.2, -0.15) is 0 Å². The Hall–Kier alpha value is -1.10. The molecule has 1 aromatic rings. The number of aliphatic hydroxyl groups excluding tert-OH is 2. The fourth-order valence-corrected chi connectivity index (χ4v) is 2.44. The zero-order chi connectivity index (χ0) is 12.6. The number of likely N-dealkylation sites (tertiary alicyclic amines) is 1. The second-order valence-corrected chi connectivity index (χ2v) is 4.61. The van der Waals surface area contributed by atoms with Crippen LogP contribution in [0.1, 0.15) is 18.5 Å². The van der Waals surface area contributed by atoms with Crippen LogP contribution in [0.25, 0.3) is 0 Å². The number of aliphatic hydroxyl groups is 2. The van der Waals surface area contributed by atoms with Crippen LogP contribution in [0.4, 0.5) is 0 Å². The summed E-state index contributed by atoms with van der Waals surface area (Å²) in [6.45, 7) is 1.91. The van der Waals surface area contributed by atoms with Gasteiger partial charge in [-0.1, -0.05) is 12.1 Å². The maximum absolute atomic E-state index is 10.1. The molecular formula is C13H19NO3. The SMILES string of the molecule is COc1ccc([C@@H]2[C@@H](O)[C@@H](O)[C@@H](C)N2C)cc1. The van der Waals surface area contributed by atoms with E-state index in [1.807, 2.05) is 43.1 Å². The minimum absolute atomic E-state index is 0.0444. The third-order valence-corrected chi connectivity index (χ3v) is 3.71. The zero-order valence-corrected chi connectivity index (χ0v) is 10.4. The quantitative estimate of drug-likeness (QED) is 0.798. The predicted octanol–water partition coefficient (Wildman–Crippen LogP) is 0.792. The van der Waals surface area contributed by atoms with Crippen LogP contribution in [0.2, 0.25) is 0 Å². The van der Waals surface area contributed by atoms with E-state index in [-0.39, 0.29) is 12.1 Å². The first kappa shape index (κ1) is 12.4. The van der Waals surface area contributed by atoms with Crippen LogP contribution in [0.15, 0.2) is 24.3 Å². The van der Waals surface area contributed by atoms with Crippen LogP contribution in [0, 0.1) is 0 Å². The van der Waals surface area contributed by atoms with Crippen LogP contribution >= 0.6 is 0 Å². The summed E-state index contributed by atoms with van der Waals surface area (Å²) in [7, 11) is 3.54. The average molecular weight is 237 g/mol. The molecule has 0 aliphatic carbocycles. The summed E-state index contributed by atoms with van der Waals surface area (Å²) in [5.74, 6) is 0.789. The number of rotatable bonds is 2. The van der Waals surface area contributed by atoms with E-state index in [9.17, 15) is 10.2 Å². The number of hydrogen-bond donors (Lipinski definition) is 2. The summed E-state index contributed by atoms with van der Waals surface area (Å²) in [6.07, 6.45) is -1.45. The van der Waals surface area contributed by atoms with Crippen LogP contribution in [0.5, 0.6) is 5.75 Å². The van der Waals surface area contributed by atoms with Crippen LogP contribution < -0.4 is 4.74 Å². The Kier molecular flexibility index (Phi) is 3.38. The monoisotopic (exact) mass is 237 g/mol. The second-order valence-electron chi connectivity index (χ2n) is 4.61. The van der Waals surface area contributed by atoms with Gasteiger partial charge in [0, 0.05) is 6.04 Å². The molecule has 0 aromatic heterocycles. The summed E-state index contributed by atoms with van der Waals surface area (Å²) in [5.41, 5.74) is 0.990. The smallest absolute Gasteiger partial charge is 0.118 e. The lowest BCUT2D eigenvalue weighted by atomic mass is 10.0. The Morgan fingerprint density at radius 1 is 1.12 bits per heavy atom. The Balaban J connectivity index is 2.26. The largest absolute Gasteiger partial charge is 0.497 e. The van der Waals surface area contributed by atoms with Gasteiger partial charge < -0.3 is 14.9 Å². The van der Waals surface area contributed by atoms with Crippen molar-refractivity contribution in [2.24, 2.45) is 0 Å². The molecule has 17 heavy (non-hydrogen) atoms. The lowest BCUT2D eigenvalue weighted by Crippen LogP contribution is -2.30. The summed E-state index contributed by atoms with van der Waals surface area (Å²) >= 11 is 0. The zero-order valence-electron chi connectivity index (χ0n) is 10.4. The van der Waals surface area contributed by atoms with Crippen molar-refractivity contribution in [2.75, 3.05) is 14.2 Å². The maximum Gasteiger partial charge on any atom is 0.118 e. The van der Waals surface area contributed by atoms with Crippen molar-refractivity contribution in [1.29, 1.82) is 0 Å². The normalized spacial score (nSPS) is 33.9. The van der Waals surface area contributed by atoms with Gasteiger partial charge in [-0.3, -0.25) is 4.90 Å². The van der Waals surface area contributed by atoms with Gasteiger partial charge in [-0.05, 0) is 31.7 Å². The number of methoxy groups -OCH3 is 1. The molecule has 1 heterocycles. The van der Waals surface area contributed by atoms with E-state index in [2.05, 4.69) is 0 Å². The van der Waals surface area contributed by atoms with Gasteiger partial charge in [0.05, 0.1) is 19.3 Å². The van der Waals surface area contributed by atoms with Gasteiger partial charge in [0.15, 0.2) is 0 Å². The fourth-order valence-electron chi connectivity index (χ4n) is 2.44. The first-order valence-electron chi connectivity index (χ1n) is 5.78. The van der Waals surface area contributed by atoms with Gasteiger partial charge in [0.2, 0.25) is 0 Å². The van der Waals surface area contributed by atoms with Gasteiger partial charge >= 0.3 is 0 Å². The third-order valence-electron chi connectivity index (χ3n) is 3.71. The second kappa shape index (κ2) is 4.64. The highest BCUT2D eigenvalue weighted by Crippen LogP contribution is 2.35. The molecule has 1 aromatic carbocycles. The summed E-state index contributed by atoms with van der Waals surface area (Å²) in [5, 5.41) is 19.9. The Morgan fingerprint density at radius 2 is 1.71 bits per heavy atom. The van der Waals surface area contributed by atoms with Crippen molar-refractivity contribution in [1.82, 2.24) is 4.90 Å². The Morgan fingerprint density at radius 3 is 2.12 bits per heavy atom. The maximum atomic E-state index is 10.1. The molecule has 4 atom stereocenters. The number of ether oxygens (including phenoxy) is 1. The summed E-state index contributed by atoms with van der Waals surface area (Å²) in [4.78, 5) is 2.00.